The second kappa shape index (κ2) is 10.0. The smallest absolute Gasteiger partial charge is 0.302 e. The number of hydrogen-bond acceptors (Lipinski definition) is 4. The van der Waals surface area contributed by atoms with Gasteiger partial charge in [0.15, 0.2) is 5.78 Å². The van der Waals surface area contributed by atoms with Crippen LogP contribution in [0, 0.1) is 51.2 Å². The minimum Gasteiger partial charge on any atom is -0.462 e. The van der Waals surface area contributed by atoms with Crippen LogP contribution >= 0.6 is 0 Å². The monoisotopic (exact) mass is 599 g/mol. The first-order valence-corrected chi connectivity index (χ1v) is 17.5. The van der Waals surface area contributed by atoms with Gasteiger partial charge >= 0.3 is 5.97 Å². The maximum atomic E-state index is 14.7. The first-order chi connectivity index (χ1) is 20.7. The summed E-state index contributed by atoms with van der Waals surface area (Å²) in [7, 11) is 0. The highest BCUT2D eigenvalue weighted by molar-refractivity contribution is 6.07. The van der Waals surface area contributed by atoms with E-state index in [-0.39, 0.29) is 45.9 Å². The fourth-order valence-electron chi connectivity index (χ4n) is 12.7. The number of ketones is 1. The maximum absolute atomic E-state index is 14.7. The third-order valence-corrected chi connectivity index (χ3v) is 14.4. The Balaban J connectivity index is 1.23. The van der Waals surface area contributed by atoms with E-state index in [2.05, 4.69) is 70.7 Å². The number of nitrogens with zero attached hydrogens (tertiary/aromatic N) is 1. The topological polar surface area (TPSA) is 63.7 Å². The molecule has 0 N–H and O–H groups in total. The standard InChI is InChI=1S/C39H53NO4/c1-23(2)33-29(42)20-39(35(43)40-21-25-10-8-9-11-26(25)22-40)19-14-28-27(34(33)39)12-13-31-37(28,6)17-15-30-36(4,5)32(44-24(3)41)16-18-38(30,31)7/h8-11,23,27-28,30-32H,12-22H2,1-7H3/t27?,28?,30?,31?,32-,37-,38-,39?/m0/s1. The van der Waals surface area contributed by atoms with Crippen LogP contribution in [0.4, 0.5) is 0 Å². The number of amides is 1. The summed E-state index contributed by atoms with van der Waals surface area (Å²) in [5.41, 5.74) is 4.42. The minimum absolute atomic E-state index is 0.0138. The largest absolute Gasteiger partial charge is 0.462 e. The molecule has 5 heteroatoms. The molecule has 1 aromatic carbocycles. The number of rotatable bonds is 3. The molecule has 4 saturated carbocycles. The molecular weight excluding hydrogens is 546 g/mol. The van der Waals surface area contributed by atoms with Crippen LogP contribution < -0.4 is 0 Å². The molecule has 7 rings (SSSR count). The van der Waals surface area contributed by atoms with Gasteiger partial charge in [-0.2, -0.15) is 0 Å². The van der Waals surface area contributed by atoms with Crippen LogP contribution in [0.2, 0.25) is 0 Å². The van der Waals surface area contributed by atoms with Crippen molar-refractivity contribution >= 4 is 17.7 Å². The van der Waals surface area contributed by atoms with Gasteiger partial charge in [0.1, 0.15) is 6.10 Å². The van der Waals surface area contributed by atoms with E-state index in [0.29, 0.717) is 43.2 Å². The van der Waals surface area contributed by atoms with Crippen molar-refractivity contribution in [3.63, 3.8) is 0 Å². The van der Waals surface area contributed by atoms with Gasteiger partial charge < -0.3 is 9.64 Å². The van der Waals surface area contributed by atoms with Gasteiger partial charge in [-0.05, 0) is 114 Å². The number of allylic oxidation sites excluding steroid dienone is 1. The van der Waals surface area contributed by atoms with Crippen molar-refractivity contribution in [2.24, 2.45) is 51.2 Å². The lowest BCUT2D eigenvalue weighted by atomic mass is 9.36. The molecule has 6 aliphatic rings. The summed E-state index contributed by atoms with van der Waals surface area (Å²) in [6, 6.07) is 8.42. The number of ether oxygens (including phenoxy) is 1. The molecule has 1 heterocycles. The highest BCUT2D eigenvalue weighted by Crippen LogP contribution is 2.73. The van der Waals surface area contributed by atoms with Gasteiger partial charge in [-0.3, -0.25) is 14.4 Å². The third kappa shape index (κ3) is 4.05. The van der Waals surface area contributed by atoms with Gasteiger partial charge in [0, 0.05) is 31.8 Å². The van der Waals surface area contributed by atoms with Gasteiger partial charge in [-0.15, -0.1) is 0 Å². The summed E-state index contributed by atoms with van der Waals surface area (Å²) in [6.45, 7) is 17.0. The summed E-state index contributed by atoms with van der Waals surface area (Å²) >= 11 is 0. The minimum atomic E-state index is -0.658. The molecule has 1 amide bonds. The van der Waals surface area contributed by atoms with E-state index >= 15 is 0 Å². The van der Waals surface area contributed by atoms with Crippen molar-refractivity contribution in [1.82, 2.24) is 4.90 Å². The predicted molar refractivity (Wildman–Crippen MR) is 171 cm³/mol. The van der Waals surface area contributed by atoms with Crippen LogP contribution in [0.3, 0.4) is 0 Å². The van der Waals surface area contributed by atoms with Gasteiger partial charge in [-0.25, -0.2) is 0 Å². The first kappa shape index (κ1) is 30.2. The number of fused-ring (bicyclic) bond motifs is 8. The zero-order valence-corrected chi connectivity index (χ0v) is 28.1. The van der Waals surface area contributed by atoms with Crippen molar-refractivity contribution in [3.05, 3.63) is 46.5 Å². The Morgan fingerprint density at radius 1 is 0.864 bits per heavy atom. The van der Waals surface area contributed by atoms with E-state index < -0.39 is 5.41 Å². The molecular formula is C39H53NO4. The quantitative estimate of drug-likeness (QED) is 0.330. The van der Waals surface area contributed by atoms with Crippen molar-refractivity contribution in [2.45, 2.75) is 125 Å². The molecule has 0 radical (unpaired) electrons. The molecule has 0 bridgehead atoms. The lowest BCUT2D eigenvalue weighted by Gasteiger charge is -2.68. The lowest BCUT2D eigenvalue weighted by Crippen LogP contribution is -2.63. The fourth-order valence-corrected chi connectivity index (χ4v) is 12.7. The van der Waals surface area contributed by atoms with E-state index in [0.717, 1.165) is 50.5 Å². The van der Waals surface area contributed by atoms with E-state index in [1.165, 1.54) is 23.1 Å². The van der Waals surface area contributed by atoms with Crippen molar-refractivity contribution in [2.75, 3.05) is 0 Å². The second-order valence-electron chi connectivity index (χ2n) is 17.0. The summed E-state index contributed by atoms with van der Waals surface area (Å²) in [6.07, 6.45) is 8.80. The molecule has 5 aliphatic carbocycles. The number of hydrogen-bond donors (Lipinski definition) is 0. The zero-order valence-electron chi connectivity index (χ0n) is 28.1. The molecule has 1 aliphatic heterocycles. The first-order valence-electron chi connectivity index (χ1n) is 17.5. The molecule has 5 unspecified atom stereocenters. The van der Waals surface area contributed by atoms with Crippen molar-refractivity contribution in [3.8, 4) is 0 Å². The second-order valence-corrected chi connectivity index (χ2v) is 17.0. The lowest BCUT2D eigenvalue weighted by molar-refractivity contribution is -0.212. The van der Waals surface area contributed by atoms with Crippen LogP contribution in [-0.2, 0) is 32.2 Å². The molecule has 8 atom stereocenters. The predicted octanol–water partition coefficient (Wildman–Crippen LogP) is 8.05. The zero-order chi connectivity index (χ0) is 31.4. The Bertz CT molecular complexity index is 1410. The normalized spacial score (nSPS) is 40.6. The maximum Gasteiger partial charge on any atom is 0.302 e. The number of carbonyl (C=O) groups is 3. The Kier molecular flexibility index (Phi) is 6.89. The summed E-state index contributed by atoms with van der Waals surface area (Å²) in [5.74, 6) is 2.34. The Morgan fingerprint density at radius 3 is 2.16 bits per heavy atom. The average Bonchev–Trinajstić information content (AvgIpc) is 3.53. The molecule has 5 nitrogen and oxygen atoms in total. The van der Waals surface area contributed by atoms with E-state index in [4.69, 9.17) is 4.74 Å². The molecule has 0 spiro atoms. The fraction of sp³-hybridized carbons (Fsp3) is 0.718. The summed E-state index contributed by atoms with van der Waals surface area (Å²) in [4.78, 5) is 42.7. The summed E-state index contributed by atoms with van der Waals surface area (Å²) in [5, 5.41) is 0. The van der Waals surface area contributed by atoms with Crippen LogP contribution in [0.15, 0.2) is 35.4 Å². The van der Waals surface area contributed by atoms with Crippen LogP contribution in [0.1, 0.15) is 117 Å². The van der Waals surface area contributed by atoms with E-state index in [9.17, 15) is 14.4 Å². The van der Waals surface area contributed by atoms with Gasteiger partial charge in [0.2, 0.25) is 5.91 Å². The Morgan fingerprint density at radius 2 is 1.52 bits per heavy atom. The van der Waals surface area contributed by atoms with Crippen LogP contribution in [0.25, 0.3) is 0 Å². The Hall–Kier alpha value is -2.43. The van der Waals surface area contributed by atoms with Gasteiger partial charge in [0.05, 0.1) is 5.41 Å². The number of carbonyl (C=O) groups excluding carboxylic acids is 3. The van der Waals surface area contributed by atoms with E-state index in [1.807, 2.05) is 0 Å². The molecule has 0 saturated heterocycles. The highest BCUT2D eigenvalue weighted by Gasteiger charge is 2.67. The highest BCUT2D eigenvalue weighted by atomic mass is 16.5. The molecule has 238 valence electrons. The average molecular weight is 600 g/mol. The summed E-state index contributed by atoms with van der Waals surface area (Å²) < 4.78 is 5.92. The number of esters is 1. The van der Waals surface area contributed by atoms with Crippen molar-refractivity contribution < 1.29 is 19.1 Å². The van der Waals surface area contributed by atoms with Gasteiger partial charge in [0.25, 0.3) is 0 Å². The Labute approximate surface area is 264 Å². The van der Waals surface area contributed by atoms with Crippen molar-refractivity contribution in [1.29, 1.82) is 0 Å². The molecule has 44 heavy (non-hydrogen) atoms. The molecule has 0 aromatic heterocycles. The number of benzene rings is 1. The van der Waals surface area contributed by atoms with Crippen LogP contribution in [-0.4, -0.2) is 28.7 Å². The SMILES string of the molecule is CC(=O)O[C@H]1CC[C@@]2(C)C(CC[C@@]3(C)C4CCC5(C(=O)N6Cc7ccccc7C6)CC(=O)C(C(C)C)=C5C4CCC32)C1(C)C. The molecule has 4 fully saturated rings. The van der Waals surface area contributed by atoms with E-state index in [1.54, 1.807) is 6.92 Å². The number of Topliss-reactive ketones (excluding diaryl/α,β-unsaturated/α-hetero) is 1. The molecule has 1 aromatic rings. The third-order valence-electron chi connectivity index (χ3n) is 14.4. The van der Waals surface area contributed by atoms with Crippen LogP contribution in [0.5, 0.6) is 0 Å². The van der Waals surface area contributed by atoms with Gasteiger partial charge in [-0.1, -0.05) is 65.8 Å².